The zero-order valence-corrected chi connectivity index (χ0v) is 35.9. The maximum absolute atomic E-state index is 9.60. The van der Waals surface area contributed by atoms with Gasteiger partial charge in [-0.25, -0.2) is 0 Å². The predicted molar refractivity (Wildman–Crippen MR) is 263 cm³/mol. The van der Waals surface area contributed by atoms with Crippen LogP contribution in [0.4, 0.5) is 34.1 Å². The summed E-state index contributed by atoms with van der Waals surface area (Å²) >= 11 is 0. The van der Waals surface area contributed by atoms with E-state index >= 15 is 0 Å². The van der Waals surface area contributed by atoms with Crippen LogP contribution in [-0.2, 0) is 0 Å². The molecule has 0 unspecified atom stereocenters. The highest BCUT2D eigenvalue weighted by Gasteiger charge is 2.20. The largest absolute Gasteiger partial charge is 0.456 e. The zero-order chi connectivity index (χ0) is 44.0. The minimum atomic E-state index is 0.225. The molecule has 11 rings (SSSR count). The Bertz CT molecular complexity index is 3380. The van der Waals surface area contributed by atoms with Gasteiger partial charge in [-0.15, -0.1) is 0 Å². The fraction of sp³-hybridized carbons (Fsp3) is 0.138. The second-order valence-electron chi connectivity index (χ2n) is 17.4. The van der Waals surface area contributed by atoms with E-state index in [-0.39, 0.29) is 12.1 Å². The van der Waals surface area contributed by atoms with Gasteiger partial charge >= 0.3 is 0 Å². The van der Waals surface area contributed by atoms with Gasteiger partial charge in [-0.2, -0.15) is 0 Å². The Balaban J connectivity index is 1.04. The predicted octanol–water partition coefficient (Wildman–Crippen LogP) is 17.6. The van der Waals surface area contributed by atoms with Gasteiger partial charge in [0, 0.05) is 55.7 Å². The average Bonchev–Trinajstić information content (AvgIpc) is 3.87. The van der Waals surface area contributed by atoms with Gasteiger partial charge in [-0.1, -0.05) is 100 Å². The molecular formula is C58H48N2O2. The molecule has 62 heavy (non-hydrogen) atoms. The maximum Gasteiger partial charge on any atom is 0.136 e. The summed E-state index contributed by atoms with van der Waals surface area (Å²) in [6.07, 6.45) is 0. The molecule has 0 N–H and O–H groups in total. The SMILES string of the molecule is [2H]c1c2oc3cc4cc(N(c5ccccc5)c5cc(C(C)C)ccc5C)ccc4cc3c2c([2H])c2oc3cc4cc(N(c5ccccc5)c5cc(C(C)C)ccc5C)ccc4cc3c12. The van der Waals surface area contributed by atoms with Gasteiger partial charge < -0.3 is 18.6 Å². The molecule has 2 aromatic heterocycles. The monoisotopic (exact) mass is 806 g/mol. The number of anilines is 6. The molecule has 0 atom stereocenters. The first kappa shape index (κ1) is 35.5. The average molecular weight is 807 g/mol. The zero-order valence-electron chi connectivity index (χ0n) is 37.9. The number of fused-ring (bicyclic) bond motifs is 8. The number of aryl methyl sites for hydroxylation is 2. The molecule has 0 amide bonds. The molecule has 302 valence electrons. The number of benzene rings is 9. The van der Waals surface area contributed by atoms with Crippen molar-refractivity contribution < 1.29 is 11.6 Å². The van der Waals surface area contributed by atoms with Gasteiger partial charge in [0.15, 0.2) is 0 Å². The molecule has 11 aromatic rings. The molecule has 4 heteroatoms. The van der Waals surface area contributed by atoms with E-state index in [0.29, 0.717) is 44.9 Å². The number of nitrogens with zero attached hydrogens (tertiary/aromatic N) is 2. The Labute approximate surface area is 365 Å². The van der Waals surface area contributed by atoms with Crippen molar-refractivity contribution in [3.05, 3.63) is 192 Å². The highest BCUT2D eigenvalue weighted by Crippen LogP contribution is 2.44. The molecule has 4 nitrogen and oxygen atoms in total. The summed E-state index contributed by atoms with van der Waals surface area (Å²) in [5, 5.41) is 6.83. The highest BCUT2D eigenvalue weighted by atomic mass is 16.3. The number of para-hydroxylation sites is 2. The van der Waals surface area contributed by atoms with E-state index in [0.717, 1.165) is 66.4 Å². The van der Waals surface area contributed by atoms with Crippen LogP contribution in [0.1, 0.15) is 64.5 Å². The van der Waals surface area contributed by atoms with Gasteiger partial charge in [0.05, 0.1) is 2.74 Å². The molecule has 0 saturated carbocycles. The fourth-order valence-electron chi connectivity index (χ4n) is 9.05. The maximum atomic E-state index is 9.60. The third-order valence-corrected chi connectivity index (χ3v) is 12.6. The number of furan rings is 2. The standard InChI is InChI=1S/C58H48N2O2/c1-35(2)39-19-17-37(5)53(29-39)59(45-13-9-7-10-14-45)47-23-21-41-27-49-51-33-58-52(34-57(51)61-55(49)31-43(41)25-47)50-28-42-22-24-48(26-44(42)32-56(50)62-58)60(46-15-11-8-12-16-46)54-30-40(36(3)4)20-18-38(54)6/h7-36H,1-6H3/i33D,34D. The number of rotatable bonds is 8. The Hall–Kier alpha value is -7.30. The number of hydrogen-bond donors (Lipinski definition) is 0. The van der Waals surface area contributed by atoms with Crippen LogP contribution < -0.4 is 9.80 Å². The minimum absolute atomic E-state index is 0.225. The van der Waals surface area contributed by atoms with Crippen molar-refractivity contribution in [2.75, 3.05) is 9.80 Å². The van der Waals surface area contributed by atoms with Gasteiger partial charge in [-0.05, 0) is 166 Å². The summed E-state index contributed by atoms with van der Waals surface area (Å²) < 4.78 is 32.4. The summed E-state index contributed by atoms with van der Waals surface area (Å²) in [5.74, 6) is 0.790. The topological polar surface area (TPSA) is 32.8 Å². The Morgan fingerprint density at radius 3 is 1.21 bits per heavy atom. The lowest BCUT2D eigenvalue weighted by atomic mass is 9.99. The normalized spacial score (nSPS) is 12.5. The molecule has 0 radical (unpaired) electrons. The summed E-state index contributed by atoms with van der Waals surface area (Å²) in [6, 6.07) is 56.2. The van der Waals surface area contributed by atoms with E-state index in [2.05, 4.69) is 197 Å². The lowest BCUT2D eigenvalue weighted by Crippen LogP contribution is -2.12. The van der Waals surface area contributed by atoms with Crippen LogP contribution in [0, 0.1) is 13.8 Å². The van der Waals surface area contributed by atoms with Crippen molar-refractivity contribution in [1.82, 2.24) is 0 Å². The Morgan fingerprint density at radius 2 is 0.806 bits per heavy atom. The summed E-state index contributed by atoms with van der Waals surface area (Å²) in [7, 11) is 0. The van der Waals surface area contributed by atoms with Crippen LogP contribution in [0.15, 0.2) is 179 Å². The minimum Gasteiger partial charge on any atom is -0.456 e. The van der Waals surface area contributed by atoms with Crippen LogP contribution in [0.2, 0.25) is 0 Å². The van der Waals surface area contributed by atoms with Gasteiger partial charge in [-0.3, -0.25) is 0 Å². The van der Waals surface area contributed by atoms with Crippen LogP contribution in [0.5, 0.6) is 0 Å². The van der Waals surface area contributed by atoms with Crippen molar-refractivity contribution >= 4 is 99.5 Å². The summed E-state index contributed by atoms with van der Waals surface area (Å²) in [6.45, 7) is 13.2. The van der Waals surface area contributed by atoms with Gasteiger partial charge in [0.1, 0.15) is 22.3 Å². The second kappa shape index (κ2) is 14.7. The van der Waals surface area contributed by atoms with E-state index in [1.807, 2.05) is 12.1 Å². The molecule has 0 aliphatic rings. The molecule has 0 saturated heterocycles. The summed E-state index contributed by atoms with van der Waals surface area (Å²) in [5.41, 5.74) is 13.5. The Morgan fingerprint density at radius 1 is 0.387 bits per heavy atom. The molecule has 0 fully saturated rings. The van der Waals surface area contributed by atoms with Crippen LogP contribution >= 0.6 is 0 Å². The van der Waals surface area contributed by atoms with E-state index in [1.54, 1.807) is 0 Å². The van der Waals surface area contributed by atoms with Crippen molar-refractivity contribution in [3.8, 4) is 0 Å². The molecule has 9 aromatic carbocycles. The Kier molecular flexibility index (Phi) is 8.41. The first-order valence-corrected chi connectivity index (χ1v) is 21.6. The third kappa shape index (κ3) is 6.37. The molecule has 2 heterocycles. The molecular weight excluding hydrogens is 757 g/mol. The van der Waals surface area contributed by atoms with Crippen LogP contribution in [0.25, 0.3) is 65.4 Å². The summed E-state index contributed by atoms with van der Waals surface area (Å²) in [4.78, 5) is 4.64. The fourth-order valence-corrected chi connectivity index (χ4v) is 9.05. The van der Waals surface area contributed by atoms with E-state index in [9.17, 15) is 2.74 Å². The smallest absolute Gasteiger partial charge is 0.136 e. The van der Waals surface area contributed by atoms with Crippen molar-refractivity contribution in [1.29, 1.82) is 0 Å². The highest BCUT2D eigenvalue weighted by molar-refractivity contribution is 6.18. The lowest BCUT2D eigenvalue weighted by molar-refractivity contribution is 0.664. The molecule has 0 spiro atoms. The lowest BCUT2D eigenvalue weighted by Gasteiger charge is -2.28. The molecule has 0 aliphatic heterocycles. The van der Waals surface area contributed by atoms with Crippen LogP contribution in [-0.4, -0.2) is 0 Å². The van der Waals surface area contributed by atoms with E-state index in [1.165, 1.54) is 22.3 Å². The quantitative estimate of drug-likeness (QED) is 0.153. The van der Waals surface area contributed by atoms with Crippen molar-refractivity contribution in [3.63, 3.8) is 0 Å². The third-order valence-electron chi connectivity index (χ3n) is 12.6. The van der Waals surface area contributed by atoms with E-state index in [4.69, 9.17) is 8.83 Å². The van der Waals surface area contributed by atoms with E-state index < -0.39 is 0 Å². The second-order valence-corrected chi connectivity index (χ2v) is 17.4. The first-order valence-electron chi connectivity index (χ1n) is 22.6. The van der Waals surface area contributed by atoms with Crippen LogP contribution in [0.3, 0.4) is 0 Å². The van der Waals surface area contributed by atoms with Gasteiger partial charge in [0.2, 0.25) is 0 Å². The molecule has 0 bridgehead atoms. The van der Waals surface area contributed by atoms with Crippen molar-refractivity contribution in [2.45, 2.75) is 53.4 Å². The number of hydrogen-bond acceptors (Lipinski definition) is 4. The van der Waals surface area contributed by atoms with Gasteiger partial charge in [0.25, 0.3) is 0 Å². The first-order chi connectivity index (χ1) is 31.0. The van der Waals surface area contributed by atoms with Crippen molar-refractivity contribution in [2.24, 2.45) is 0 Å². The molecule has 0 aliphatic carbocycles.